The lowest BCUT2D eigenvalue weighted by atomic mass is 9.99. The van der Waals surface area contributed by atoms with Gasteiger partial charge in [-0.3, -0.25) is 9.78 Å². The van der Waals surface area contributed by atoms with Gasteiger partial charge in [-0.2, -0.15) is 0 Å². The number of amides is 1. The first-order valence-electron chi connectivity index (χ1n) is 11.9. The molecule has 35 heavy (non-hydrogen) atoms. The molecule has 180 valence electrons. The van der Waals surface area contributed by atoms with Crippen molar-refractivity contribution < 1.29 is 4.79 Å². The van der Waals surface area contributed by atoms with Gasteiger partial charge in [0.1, 0.15) is 0 Å². The number of hydrogen-bond acceptors (Lipinski definition) is 3. The first-order valence-corrected chi connectivity index (χ1v) is 12.3. The zero-order chi connectivity index (χ0) is 24.9. The number of aromatic nitrogens is 1. The first kappa shape index (κ1) is 26.1. The third-order valence-electron chi connectivity index (χ3n) is 5.51. The Balaban J connectivity index is 0.000000623. The van der Waals surface area contributed by atoms with E-state index < -0.39 is 0 Å². The minimum absolute atomic E-state index is 0.113. The van der Waals surface area contributed by atoms with E-state index in [4.69, 9.17) is 17.3 Å². The predicted octanol–water partition coefficient (Wildman–Crippen LogP) is 6.79. The number of benzene rings is 3. The maximum Gasteiger partial charge on any atom is 0.251 e. The minimum atomic E-state index is -0.113. The number of unbranched alkanes of at least 4 members (excludes halogenated alkanes) is 1. The number of pyridine rings is 1. The van der Waals surface area contributed by atoms with Crippen LogP contribution >= 0.6 is 11.6 Å². The summed E-state index contributed by atoms with van der Waals surface area (Å²) in [6, 6.07) is 27.7. The molecular formula is C30H32ClN3O. The van der Waals surface area contributed by atoms with Crippen molar-refractivity contribution in [1.82, 2.24) is 10.3 Å². The Morgan fingerprint density at radius 3 is 2.26 bits per heavy atom. The molecule has 3 N–H and O–H groups in total. The highest BCUT2D eigenvalue weighted by Gasteiger charge is 2.11. The number of hydrogen-bond donors (Lipinski definition) is 2. The van der Waals surface area contributed by atoms with Crippen LogP contribution in [0.25, 0.3) is 22.3 Å². The van der Waals surface area contributed by atoms with Crippen LogP contribution in [0.1, 0.15) is 35.7 Å². The van der Waals surface area contributed by atoms with Crippen molar-refractivity contribution >= 4 is 17.5 Å². The predicted molar refractivity (Wildman–Crippen MR) is 147 cm³/mol. The summed E-state index contributed by atoms with van der Waals surface area (Å²) in [6.45, 7) is 3.53. The summed E-state index contributed by atoms with van der Waals surface area (Å²) in [6.07, 6.45) is 6.67. The van der Waals surface area contributed by atoms with Crippen LogP contribution in [0.5, 0.6) is 0 Å². The number of rotatable bonds is 8. The van der Waals surface area contributed by atoms with E-state index in [0.717, 1.165) is 40.8 Å². The van der Waals surface area contributed by atoms with Crippen molar-refractivity contribution in [2.45, 2.75) is 26.2 Å². The summed E-state index contributed by atoms with van der Waals surface area (Å²) in [4.78, 5) is 16.7. The lowest BCUT2D eigenvalue weighted by Crippen LogP contribution is -2.25. The fourth-order valence-electron chi connectivity index (χ4n) is 3.53. The zero-order valence-corrected chi connectivity index (χ0v) is 20.8. The number of halogens is 1. The molecule has 5 heteroatoms. The third kappa shape index (κ3) is 8.06. The highest BCUT2D eigenvalue weighted by Crippen LogP contribution is 2.31. The molecule has 0 saturated carbocycles. The van der Waals surface area contributed by atoms with Crippen LogP contribution in [0.4, 0.5) is 0 Å². The smallest absolute Gasteiger partial charge is 0.251 e. The highest BCUT2D eigenvalue weighted by molar-refractivity contribution is 6.33. The summed E-state index contributed by atoms with van der Waals surface area (Å²) < 4.78 is 0. The quantitative estimate of drug-likeness (QED) is 0.289. The second kappa shape index (κ2) is 14.1. The molecule has 0 fully saturated rings. The molecule has 1 aromatic heterocycles. The minimum Gasteiger partial charge on any atom is -0.352 e. The Kier molecular flexibility index (Phi) is 10.5. The standard InChI is InChI=1S/C26H21ClN2O.C4H11N/c27-25-13-12-23(26(30)29-16-14-19-5-4-15-28-18-19)17-24(25)22-10-8-21(9-11-22)20-6-2-1-3-7-20;1-2-3-4-5/h1-13,15,17-18H,14,16H2,(H,29,30);2-5H2,1H3. The van der Waals surface area contributed by atoms with Gasteiger partial charge in [0, 0.05) is 35.1 Å². The molecule has 0 radical (unpaired) electrons. The van der Waals surface area contributed by atoms with Gasteiger partial charge in [-0.1, -0.05) is 85.6 Å². The highest BCUT2D eigenvalue weighted by atomic mass is 35.5. The summed E-state index contributed by atoms with van der Waals surface area (Å²) in [5, 5.41) is 3.59. The van der Waals surface area contributed by atoms with Crippen molar-refractivity contribution in [3.8, 4) is 22.3 Å². The van der Waals surface area contributed by atoms with Gasteiger partial charge in [0.15, 0.2) is 0 Å². The van der Waals surface area contributed by atoms with E-state index in [2.05, 4.69) is 41.5 Å². The summed E-state index contributed by atoms with van der Waals surface area (Å²) in [7, 11) is 0. The van der Waals surface area contributed by atoms with Gasteiger partial charge in [-0.25, -0.2) is 0 Å². The molecule has 0 aliphatic heterocycles. The Morgan fingerprint density at radius 2 is 1.63 bits per heavy atom. The van der Waals surface area contributed by atoms with Crippen LogP contribution in [0, 0.1) is 0 Å². The molecule has 0 aliphatic carbocycles. The molecule has 3 aromatic carbocycles. The Hall–Kier alpha value is -3.47. The van der Waals surface area contributed by atoms with E-state index in [0.29, 0.717) is 17.1 Å². The topological polar surface area (TPSA) is 68.0 Å². The molecule has 0 aliphatic rings. The van der Waals surface area contributed by atoms with Gasteiger partial charge < -0.3 is 11.1 Å². The van der Waals surface area contributed by atoms with Crippen molar-refractivity contribution in [3.05, 3.63) is 113 Å². The summed E-state index contributed by atoms with van der Waals surface area (Å²) in [5.41, 5.74) is 10.9. The maximum absolute atomic E-state index is 12.6. The van der Waals surface area contributed by atoms with Crippen LogP contribution in [0.2, 0.25) is 5.02 Å². The Morgan fingerprint density at radius 1 is 0.914 bits per heavy atom. The number of nitrogens with zero attached hydrogens (tertiary/aromatic N) is 1. The van der Waals surface area contributed by atoms with Gasteiger partial charge in [0.2, 0.25) is 0 Å². The van der Waals surface area contributed by atoms with E-state index in [1.807, 2.05) is 54.7 Å². The molecule has 0 spiro atoms. The summed E-state index contributed by atoms with van der Waals surface area (Å²) >= 11 is 6.44. The number of nitrogens with one attached hydrogen (secondary N) is 1. The van der Waals surface area contributed by atoms with Crippen LogP contribution in [-0.2, 0) is 6.42 Å². The lowest BCUT2D eigenvalue weighted by Gasteiger charge is -2.10. The van der Waals surface area contributed by atoms with Gasteiger partial charge in [-0.05, 0) is 65.9 Å². The van der Waals surface area contributed by atoms with Crippen molar-refractivity contribution in [2.24, 2.45) is 5.73 Å². The molecule has 0 saturated heterocycles. The lowest BCUT2D eigenvalue weighted by molar-refractivity contribution is 0.0954. The Labute approximate surface area is 213 Å². The SMILES string of the molecule is CCCCN.O=C(NCCc1cccnc1)c1ccc(Cl)c(-c2ccc(-c3ccccc3)cc2)c1. The van der Waals surface area contributed by atoms with Crippen LogP contribution in [-0.4, -0.2) is 24.0 Å². The van der Waals surface area contributed by atoms with Gasteiger partial charge in [0.25, 0.3) is 5.91 Å². The Bertz CT molecular complexity index is 1180. The van der Waals surface area contributed by atoms with Gasteiger partial charge in [0.05, 0.1) is 0 Å². The fourth-order valence-corrected chi connectivity index (χ4v) is 3.76. The molecule has 0 unspecified atom stereocenters. The molecule has 1 heterocycles. The van der Waals surface area contributed by atoms with E-state index in [1.165, 1.54) is 12.8 Å². The van der Waals surface area contributed by atoms with Crippen molar-refractivity contribution in [2.75, 3.05) is 13.1 Å². The number of carbonyl (C=O) groups is 1. The van der Waals surface area contributed by atoms with E-state index in [9.17, 15) is 4.79 Å². The molecular weight excluding hydrogens is 454 g/mol. The number of nitrogens with two attached hydrogens (primary N) is 1. The second-order valence-electron chi connectivity index (χ2n) is 8.15. The average Bonchev–Trinajstić information content (AvgIpc) is 2.91. The van der Waals surface area contributed by atoms with Crippen LogP contribution in [0.3, 0.4) is 0 Å². The van der Waals surface area contributed by atoms with Crippen LogP contribution < -0.4 is 11.1 Å². The molecule has 4 rings (SSSR count). The number of carbonyl (C=O) groups excluding carboxylic acids is 1. The summed E-state index contributed by atoms with van der Waals surface area (Å²) in [5.74, 6) is -0.113. The third-order valence-corrected chi connectivity index (χ3v) is 5.84. The molecule has 4 aromatic rings. The van der Waals surface area contributed by atoms with Gasteiger partial charge >= 0.3 is 0 Å². The fraction of sp³-hybridized carbons (Fsp3) is 0.200. The van der Waals surface area contributed by atoms with Crippen LogP contribution in [0.15, 0.2) is 97.3 Å². The second-order valence-corrected chi connectivity index (χ2v) is 8.55. The largest absolute Gasteiger partial charge is 0.352 e. The van der Waals surface area contributed by atoms with E-state index in [-0.39, 0.29) is 5.91 Å². The molecule has 1 amide bonds. The van der Waals surface area contributed by atoms with Gasteiger partial charge in [-0.15, -0.1) is 0 Å². The molecule has 4 nitrogen and oxygen atoms in total. The van der Waals surface area contributed by atoms with Crippen molar-refractivity contribution in [3.63, 3.8) is 0 Å². The first-order chi connectivity index (χ1) is 17.1. The normalized spacial score (nSPS) is 10.3. The zero-order valence-electron chi connectivity index (χ0n) is 20.1. The average molecular weight is 486 g/mol. The maximum atomic E-state index is 12.6. The molecule has 0 bridgehead atoms. The van der Waals surface area contributed by atoms with Crippen molar-refractivity contribution in [1.29, 1.82) is 0 Å². The molecule has 0 atom stereocenters. The monoisotopic (exact) mass is 485 g/mol. The van der Waals surface area contributed by atoms with E-state index >= 15 is 0 Å². The van der Waals surface area contributed by atoms with E-state index in [1.54, 1.807) is 18.3 Å².